The number of rotatable bonds is 5. The third kappa shape index (κ3) is 3.83. The Hall–Kier alpha value is -1.39. The number of halogens is 2. The lowest BCUT2D eigenvalue weighted by Gasteiger charge is -2.23. The molecule has 112 valence electrons. The van der Waals surface area contributed by atoms with Gasteiger partial charge in [0.05, 0.1) is 7.11 Å². The number of methoxy groups -OCH3 is 1. The highest BCUT2D eigenvalue weighted by Crippen LogP contribution is 2.29. The van der Waals surface area contributed by atoms with Gasteiger partial charge in [0.15, 0.2) is 0 Å². The van der Waals surface area contributed by atoms with Gasteiger partial charge in [0.1, 0.15) is 11.6 Å². The van der Waals surface area contributed by atoms with Gasteiger partial charge in [-0.3, -0.25) is 0 Å². The standard InChI is InChI=1S/C17H19BrFNO/c1-11(14-6-4-5-7-16(14)18)20-12(2)15-10-13(19)8-9-17(15)21-3/h4-12,20H,1-3H3. The van der Waals surface area contributed by atoms with Gasteiger partial charge in [-0.05, 0) is 43.7 Å². The highest BCUT2D eigenvalue weighted by atomic mass is 79.9. The molecule has 0 heterocycles. The van der Waals surface area contributed by atoms with Gasteiger partial charge in [0, 0.05) is 22.1 Å². The topological polar surface area (TPSA) is 21.3 Å². The minimum Gasteiger partial charge on any atom is -0.496 e. The molecule has 0 aliphatic rings. The normalized spacial score (nSPS) is 13.8. The SMILES string of the molecule is COc1ccc(F)cc1C(C)NC(C)c1ccccc1Br. The van der Waals surface area contributed by atoms with Gasteiger partial charge in [0.25, 0.3) is 0 Å². The first-order valence-corrected chi connectivity index (χ1v) is 7.66. The Bertz CT molecular complexity index is 617. The Balaban J connectivity index is 2.20. The molecule has 0 aliphatic carbocycles. The van der Waals surface area contributed by atoms with E-state index in [0.29, 0.717) is 5.75 Å². The van der Waals surface area contributed by atoms with E-state index in [4.69, 9.17) is 4.74 Å². The monoisotopic (exact) mass is 351 g/mol. The molecule has 0 spiro atoms. The van der Waals surface area contributed by atoms with Crippen molar-refractivity contribution in [1.82, 2.24) is 5.32 Å². The van der Waals surface area contributed by atoms with Crippen molar-refractivity contribution in [3.63, 3.8) is 0 Å². The summed E-state index contributed by atoms with van der Waals surface area (Å²) in [5, 5.41) is 3.48. The van der Waals surface area contributed by atoms with Crippen molar-refractivity contribution in [3.05, 3.63) is 63.9 Å². The summed E-state index contributed by atoms with van der Waals surface area (Å²) in [6.07, 6.45) is 0. The van der Waals surface area contributed by atoms with Crippen molar-refractivity contribution in [1.29, 1.82) is 0 Å². The first kappa shape index (κ1) is 16.0. The zero-order valence-electron chi connectivity index (χ0n) is 12.4. The van der Waals surface area contributed by atoms with E-state index in [-0.39, 0.29) is 17.9 Å². The lowest BCUT2D eigenvalue weighted by Crippen LogP contribution is -2.23. The fraction of sp³-hybridized carbons (Fsp3) is 0.294. The molecule has 2 aromatic rings. The van der Waals surface area contributed by atoms with E-state index in [1.807, 2.05) is 25.1 Å². The summed E-state index contributed by atoms with van der Waals surface area (Å²) in [7, 11) is 1.60. The van der Waals surface area contributed by atoms with Crippen LogP contribution in [-0.4, -0.2) is 7.11 Å². The third-order valence-electron chi connectivity index (χ3n) is 3.53. The van der Waals surface area contributed by atoms with Crippen molar-refractivity contribution in [2.24, 2.45) is 0 Å². The number of benzene rings is 2. The van der Waals surface area contributed by atoms with E-state index in [0.717, 1.165) is 10.0 Å². The van der Waals surface area contributed by atoms with Gasteiger partial charge in [-0.25, -0.2) is 4.39 Å². The van der Waals surface area contributed by atoms with Gasteiger partial charge < -0.3 is 10.1 Å². The van der Waals surface area contributed by atoms with Crippen LogP contribution in [0, 0.1) is 5.82 Å². The largest absolute Gasteiger partial charge is 0.496 e. The smallest absolute Gasteiger partial charge is 0.123 e. The molecule has 21 heavy (non-hydrogen) atoms. The van der Waals surface area contributed by atoms with Gasteiger partial charge in [-0.2, -0.15) is 0 Å². The zero-order chi connectivity index (χ0) is 15.4. The fourth-order valence-corrected chi connectivity index (χ4v) is 3.05. The lowest BCUT2D eigenvalue weighted by molar-refractivity contribution is 0.394. The lowest BCUT2D eigenvalue weighted by atomic mass is 10.0. The molecule has 2 unspecified atom stereocenters. The van der Waals surface area contributed by atoms with Crippen LogP contribution >= 0.6 is 15.9 Å². The quantitative estimate of drug-likeness (QED) is 0.817. The second kappa shape index (κ2) is 7.05. The Morgan fingerprint density at radius 1 is 1.05 bits per heavy atom. The summed E-state index contributed by atoms with van der Waals surface area (Å²) in [4.78, 5) is 0. The predicted molar refractivity (Wildman–Crippen MR) is 87.1 cm³/mol. The number of hydrogen-bond acceptors (Lipinski definition) is 2. The second-order valence-electron chi connectivity index (χ2n) is 5.02. The van der Waals surface area contributed by atoms with E-state index >= 15 is 0 Å². The molecule has 2 aromatic carbocycles. The molecule has 0 radical (unpaired) electrons. The second-order valence-corrected chi connectivity index (χ2v) is 5.87. The number of hydrogen-bond donors (Lipinski definition) is 1. The molecular weight excluding hydrogens is 333 g/mol. The zero-order valence-corrected chi connectivity index (χ0v) is 13.9. The molecule has 2 rings (SSSR count). The van der Waals surface area contributed by atoms with Crippen molar-refractivity contribution < 1.29 is 9.13 Å². The van der Waals surface area contributed by atoms with Crippen molar-refractivity contribution in [3.8, 4) is 5.75 Å². The maximum absolute atomic E-state index is 13.5. The van der Waals surface area contributed by atoms with Crippen LogP contribution in [0.3, 0.4) is 0 Å². The van der Waals surface area contributed by atoms with Crippen LogP contribution in [0.15, 0.2) is 46.9 Å². The maximum atomic E-state index is 13.5. The summed E-state index contributed by atoms with van der Waals surface area (Å²) >= 11 is 3.56. The van der Waals surface area contributed by atoms with E-state index in [1.54, 1.807) is 13.2 Å². The third-order valence-corrected chi connectivity index (χ3v) is 4.25. The van der Waals surface area contributed by atoms with Gasteiger partial charge in [0.2, 0.25) is 0 Å². The van der Waals surface area contributed by atoms with Crippen LogP contribution in [0.5, 0.6) is 5.75 Å². The van der Waals surface area contributed by atoms with Crippen molar-refractivity contribution in [2.75, 3.05) is 7.11 Å². The Kier molecular flexibility index (Phi) is 5.37. The Labute approximate surface area is 133 Å². The van der Waals surface area contributed by atoms with Crippen LogP contribution in [0.4, 0.5) is 4.39 Å². The molecule has 0 fully saturated rings. The molecular formula is C17H19BrFNO. The molecule has 0 amide bonds. The van der Waals surface area contributed by atoms with Crippen molar-refractivity contribution in [2.45, 2.75) is 25.9 Å². The fourth-order valence-electron chi connectivity index (χ4n) is 2.42. The van der Waals surface area contributed by atoms with Gasteiger partial charge >= 0.3 is 0 Å². The van der Waals surface area contributed by atoms with E-state index < -0.39 is 0 Å². The van der Waals surface area contributed by atoms with E-state index in [2.05, 4.69) is 34.2 Å². The average molecular weight is 352 g/mol. The predicted octanol–water partition coefficient (Wildman–Crippen LogP) is 5.01. The summed E-state index contributed by atoms with van der Waals surface area (Å²) in [5.74, 6) is 0.434. The summed E-state index contributed by atoms with van der Waals surface area (Å²) < 4.78 is 19.9. The van der Waals surface area contributed by atoms with E-state index in [9.17, 15) is 4.39 Å². The van der Waals surface area contributed by atoms with Gasteiger partial charge in [-0.15, -0.1) is 0 Å². The first-order chi connectivity index (χ1) is 10.0. The average Bonchev–Trinajstić information content (AvgIpc) is 2.47. The molecule has 0 aliphatic heterocycles. The molecule has 2 atom stereocenters. The number of ether oxygens (including phenoxy) is 1. The minimum absolute atomic E-state index is 0.0299. The highest BCUT2D eigenvalue weighted by molar-refractivity contribution is 9.10. The summed E-state index contributed by atoms with van der Waals surface area (Å²) in [5.41, 5.74) is 1.98. The summed E-state index contributed by atoms with van der Waals surface area (Å²) in [6.45, 7) is 4.09. The first-order valence-electron chi connectivity index (χ1n) is 6.87. The molecule has 1 N–H and O–H groups in total. The molecule has 0 saturated heterocycles. The van der Waals surface area contributed by atoms with E-state index in [1.165, 1.54) is 17.7 Å². The van der Waals surface area contributed by atoms with Gasteiger partial charge in [-0.1, -0.05) is 34.1 Å². The molecule has 0 saturated carbocycles. The van der Waals surface area contributed by atoms with Crippen LogP contribution in [0.25, 0.3) is 0 Å². The van der Waals surface area contributed by atoms with Crippen LogP contribution in [-0.2, 0) is 0 Å². The Morgan fingerprint density at radius 3 is 2.38 bits per heavy atom. The summed E-state index contributed by atoms with van der Waals surface area (Å²) in [6, 6.07) is 12.8. The molecule has 4 heteroatoms. The molecule has 2 nitrogen and oxygen atoms in total. The maximum Gasteiger partial charge on any atom is 0.123 e. The van der Waals surface area contributed by atoms with Crippen molar-refractivity contribution >= 4 is 15.9 Å². The van der Waals surface area contributed by atoms with Crippen LogP contribution in [0.1, 0.15) is 37.1 Å². The van der Waals surface area contributed by atoms with Crippen LogP contribution < -0.4 is 10.1 Å². The minimum atomic E-state index is -0.256. The Morgan fingerprint density at radius 2 is 1.71 bits per heavy atom. The van der Waals surface area contributed by atoms with Crippen LogP contribution in [0.2, 0.25) is 0 Å². The highest BCUT2D eigenvalue weighted by Gasteiger charge is 2.16. The molecule has 0 aromatic heterocycles. The number of nitrogens with one attached hydrogen (secondary N) is 1. The molecule has 0 bridgehead atoms.